The standard InChI is InChI=1S/C19H20N2O6S/c22-19(27-16-8-4-5-9-16)18(14-6-2-1-3-7-14)20-28(25,26)17-12-10-15(11-13-17)21(23)24/h1-3,6-7,10-13,16,18,20H,4-5,8-9H2/t18-/m0/s1. The predicted octanol–water partition coefficient (Wildman–Crippen LogP) is 3.10. The van der Waals surface area contributed by atoms with Gasteiger partial charge in [0.05, 0.1) is 9.82 Å². The van der Waals surface area contributed by atoms with Gasteiger partial charge in [-0.15, -0.1) is 0 Å². The first-order valence-corrected chi connectivity index (χ1v) is 10.4. The van der Waals surface area contributed by atoms with Gasteiger partial charge in [0.1, 0.15) is 12.1 Å². The molecule has 2 aromatic rings. The number of hydrogen-bond donors (Lipinski definition) is 1. The second-order valence-electron chi connectivity index (χ2n) is 6.56. The molecule has 0 heterocycles. The molecular weight excluding hydrogens is 384 g/mol. The van der Waals surface area contributed by atoms with Crippen LogP contribution in [0.4, 0.5) is 5.69 Å². The molecule has 3 rings (SSSR count). The van der Waals surface area contributed by atoms with E-state index in [9.17, 15) is 23.3 Å². The van der Waals surface area contributed by atoms with Crippen molar-refractivity contribution in [1.29, 1.82) is 0 Å². The summed E-state index contributed by atoms with van der Waals surface area (Å²) in [6, 6.07) is 11.7. The molecule has 1 aliphatic carbocycles. The number of rotatable bonds is 7. The van der Waals surface area contributed by atoms with Crippen LogP contribution in [-0.2, 0) is 19.6 Å². The van der Waals surface area contributed by atoms with E-state index in [-0.39, 0.29) is 16.7 Å². The van der Waals surface area contributed by atoms with Crippen LogP contribution in [0.15, 0.2) is 59.5 Å². The van der Waals surface area contributed by atoms with Crippen molar-refractivity contribution in [2.45, 2.75) is 42.7 Å². The second kappa shape index (κ2) is 8.49. The summed E-state index contributed by atoms with van der Waals surface area (Å²) in [6.45, 7) is 0. The van der Waals surface area contributed by atoms with Crippen molar-refractivity contribution in [1.82, 2.24) is 4.72 Å². The van der Waals surface area contributed by atoms with Crippen molar-refractivity contribution in [3.63, 3.8) is 0 Å². The lowest BCUT2D eigenvalue weighted by molar-refractivity contribution is -0.384. The number of ether oxygens (including phenoxy) is 1. The highest BCUT2D eigenvalue weighted by atomic mass is 32.2. The zero-order valence-electron chi connectivity index (χ0n) is 15.0. The molecule has 0 aliphatic heterocycles. The highest BCUT2D eigenvalue weighted by Crippen LogP contribution is 2.25. The Morgan fingerprint density at radius 2 is 1.68 bits per heavy atom. The number of nitrogens with zero attached hydrogens (tertiary/aromatic N) is 1. The Bertz CT molecular complexity index is 938. The van der Waals surface area contributed by atoms with Gasteiger partial charge in [-0.3, -0.25) is 10.1 Å². The quantitative estimate of drug-likeness (QED) is 0.431. The van der Waals surface area contributed by atoms with Crippen molar-refractivity contribution in [2.24, 2.45) is 0 Å². The highest BCUT2D eigenvalue weighted by molar-refractivity contribution is 7.89. The molecule has 28 heavy (non-hydrogen) atoms. The fourth-order valence-corrected chi connectivity index (χ4v) is 4.28. The van der Waals surface area contributed by atoms with Gasteiger partial charge in [-0.25, -0.2) is 13.2 Å². The van der Waals surface area contributed by atoms with Gasteiger partial charge in [-0.1, -0.05) is 30.3 Å². The van der Waals surface area contributed by atoms with E-state index < -0.39 is 27.0 Å². The lowest BCUT2D eigenvalue weighted by atomic mass is 10.1. The molecule has 0 amide bonds. The van der Waals surface area contributed by atoms with Crippen LogP contribution >= 0.6 is 0 Å². The molecule has 1 N–H and O–H groups in total. The Morgan fingerprint density at radius 3 is 2.25 bits per heavy atom. The molecule has 0 saturated heterocycles. The second-order valence-corrected chi connectivity index (χ2v) is 8.27. The van der Waals surface area contributed by atoms with Gasteiger partial charge in [-0.05, 0) is 43.4 Å². The summed E-state index contributed by atoms with van der Waals surface area (Å²) in [6.07, 6.45) is 3.28. The van der Waals surface area contributed by atoms with Crippen molar-refractivity contribution < 1.29 is 22.9 Å². The molecule has 9 heteroatoms. The topological polar surface area (TPSA) is 116 Å². The number of benzene rings is 2. The third kappa shape index (κ3) is 4.73. The van der Waals surface area contributed by atoms with Crippen LogP contribution < -0.4 is 4.72 Å². The third-order valence-electron chi connectivity index (χ3n) is 4.58. The van der Waals surface area contributed by atoms with E-state index in [0.29, 0.717) is 5.56 Å². The Balaban J connectivity index is 1.85. The number of sulfonamides is 1. The minimum atomic E-state index is -4.10. The lowest BCUT2D eigenvalue weighted by Gasteiger charge is -2.20. The lowest BCUT2D eigenvalue weighted by Crippen LogP contribution is -2.36. The summed E-state index contributed by atoms with van der Waals surface area (Å²) in [5, 5.41) is 10.8. The van der Waals surface area contributed by atoms with Crippen LogP contribution in [-0.4, -0.2) is 25.4 Å². The molecule has 1 atom stereocenters. The van der Waals surface area contributed by atoms with E-state index in [1.807, 2.05) is 0 Å². The van der Waals surface area contributed by atoms with Crippen molar-refractivity contribution >= 4 is 21.7 Å². The largest absolute Gasteiger partial charge is 0.461 e. The summed E-state index contributed by atoms with van der Waals surface area (Å²) in [7, 11) is -4.10. The van der Waals surface area contributed by atoms with Gasteiger partial charge in [0.15, 0.2) is 0 Å². The summed E-state index contributed by atoms with van der Waals surface area (Å²) >= 11 is 0. The van der Waals surface area contributed by atoms with Gasteiger partial charge in [0.25, 0.3) is 5.69 Å². The molecule has 8 nitrogen and oxygen atoms in total. The smallest absolute Gasteiger partial charge is 0.329 e. The average Bonchev–Trinajstić information content (AvgIpc) is 3.20. The van der Waals surface area contributed by atoms with E-state index in [2.05, 4.69) is 4.72 Å². The van der Waals surface area contributed by atoms with Crippen LogP contribution in [0.1, 0.15) is 37.3 Å². The highest BCUT2D eigenvalue weighted by Gasteiger charge is 2.31. The number of non-ortho nitro benzene ring substituents is 1. The van der Waals surface area contributed by atoms with Crippen molar-refractivity contribution in [3.05, 3.63) is 70.3 Å². The number of nitrogens with one attached hydrogen (secondary N) is 1. The molecule has 0 bridgehead atoms. The number of nitro groups is 1. The van der Waals surface area contributed by atoms with Gasteiger partial charge >= 0.3 is 5.97 Å². The zero-order chi connectivity index (χ0) is 20.1. The molecule has 2 aromatic carbocycles. The summed E-state index contributed by atoms with van der Waals surface area (Å²) in [5.41, 5.74) is 0.232. The average molecular weight is 404 g/mol. The maximum atomic E-state index is 12.7. The van der Waals surface area contributed by atoms with Crippen LogP contribution in [0, 0.1) is 10.1 Å². The van der Waals surface area contributed by atoms with Gasteiger partial charge in [-0.2, -0.15) is 4.72 Å². The van der Waals surface area contributed by atoms with E-state index in [0.717, 1.165) is 49.9 Å². The fourth-order valence-electron chi connectivity index (χ4n) is 3.11. The van der Waals surface area contributed by atoms with Crippen LogP contribution in [0.2, 0.25) is 0 Å². The number of nitro benzene ring substituents is 1. The molecule has 1 aliphatic rings. The fraction of sp³-hybridized carbons (Fsp3) is 0.316. The van der Waals surface area contributed by atoms with E-state index >= 15 is 0 Å². The summed E-state index contributed by atoms with van der Waals surface area (Å²) < 4.78 is 33.4. The van der Waals surface area contributed by atoms with Crippen LogP contribution in [0.5, 0.6) is 0 Å². The summed E-state index contributed by atoms with van der Waals surface area (Å²) in [5.74, 6) is -0.663. The molecule has 1 saturated carbocycles. The number of esters is 1. The summed E-state index contributed by atoms with van der Waals surface area (Å²) in [4.78, 5) is 22.7. The Hall–Kier alpha value is -2.78. The molecule has 0 aromatic heterocycles. The Kier molecular flexibility index (Phi) is 6.05. The van der Waals surface area contributed by atoms with Gasteiger partial charge in [0, 0.05) is 12.1 Å². The van der Waals surface area contributed by atoms with Crippen molar-refractivity contribution in [2.75, 3.05) is 0 Å². The maximum absolute atomic E-state index is 12.7. The molecule has 148 valence electrons. The normalized spacial score (nSPS) is 15.9. The SMILES string of the molecule is O=C(OC1CCCC1)[C@@H](NS(=O)(=O)c1ccc([N+](=O)[O-])cc1)c1ccccc1. The minimum Gasteiger partial charge on any atom is -0.461 e. The number of carbonyl (C=O) groups is 1. The molecule has 0 unspecified atom stereocenters. The van der Waals surface area contributed by atoms with Gasteiger partial charge in [0.2, 0.25) is 10.0 Å². The molecule has 0 spiro atoms. The Morgan fingerprint density at radius 1 is 1.07 bits per heavy atom. The first-order chi connectivity index (χ1) is 13.4. The predicted molar refractivity (Wildman–Crippen MR) is 101 cm³/mol. The maximum Gasteiger partial charge on any atom is 0.329 e. The first-order valence-electron chi connectivity index (χ1n) is 8.89. The van der Waals surface area contributed by atoms with Gasteiger partial charge < -0.3 is 4.74 Å². The van der Waals surface area contributed by atoms with E-state index in [1.54, 1.807) is 30.3 Å². The first kappa shape index (κ1) is 20.0. The Labute approximate surface area is 162 Å². The van der Waals surface area contributed by atoms with Crippen LogP contribution in [0.3, 0.4) is 0 Å². The molecular formula is C19H20N2O6S. The van der Waals surface area contributed by atoms with Crippen molar-refractivity contribution in [3.8, 4) is 0 Å². The number of hydrogen-bond acceptors (Lipinski definition) is 6. The number of carbonyl (C=O) groups excluding carboxylic acids is 1. The monoisotopic (exact) mass is 404 g/mol. The van der Waals surface area contributed by atoms with Crippen LogP contribution in [0.25, 0.3) is 0 Å². The van der Waals surface area contributed by atoms with E-state index in [1.165, 1.54) is 0 Å². The molecule has 1 fully saturated rings. The molecule has 0 radical (unpaired) electrons. The minimum absolute atomic E-state index is 0.173. The zero-order valence-corrected chi connectivity index (χ0v) is 15.8. The van der Waals surface area contributed by atoms with E-state index in [4.69, 9.17) is 4.74 Å². The third-order valence-corrected chi connectivity index (χ3v) is 6.02.